The summed E-state index contributed by atoms with van der Waals surface area (Å²) in [6, 6.07) is 54.3. The highest BCUT2D eigenvalue weighted by Crippen LogP contribution is 2.44. The van der Waals surface area contributed by atoms with Crippen LogP contribution in [0.5, 0.6) is 0 Å². The van der Waals surface area contributed by atoms with E-state index in [1.807, 2.05) is 12.1 Å². The number of anilines is 3. The minimum absolute atomic E-state index is 0.884. The number of fused-ring (bicyclic) bond motifs is 10. The molecule has 0 atom stereocenters. The van der Waals surface area contributed by atoms with Crippen molar-refractivity contribution in [3.8, 4) is 22.3 Å². The SMILES string of the molecule is C[Si]1(C)c2cc(N(c3ccc(-c4ccccc4)cc3)c3cccc4c3oc3ccccc34)ccc2-c2c1ccc1c2oc2ccccc21. The van der Waals surface area contributed by atoms with E-state index in [-0.39, 0.29) is 0 Å². The third-order valence-corrected chi connectivity index (χ3v) is 13.8. The average Bonchev–Trinajstić information content (AvgIpc) is 3.77. The van der Waals surface area contributed by atoms with Gasteiger partial charge in [-0.1, -0.05) is 122 Å². The van der Waals surface area contributed by atoms with Crippen LogP contribution in [0.3, 0.4) is 0 Å². The van der Waals surface area contributed by atoms with Crippen LogP contribution in [0.25, 0.3) is 66.1 Å². The molecule has 3 heterocycles. The van der Waals surface area contributed by atoms with Crippen molar-refractivity contribution in [2.45, 2.75) is 13.1 Å². The molecule has 48 heavy (non-hydrogen) atoms. The summed E-state index contributed by atoms with van der Waals surface area (Å²) in [6.07, 6.45) is 0. The quantitative estimate of drug-likeness (QED) is 0.181. The summed E-state index contributed by atoms with van der Waals surface area (Å²) >= 11 is 0. The number of rotatable bonds is 4. The van der Waals surface area contributed by atoms with Crippen LogP contribution in [0, 0.1) is 0 Å². The topological polar surface area (TPSA) is 29.5 Å². The number of hydrogen-bond acceptors (Lipinski definition) is 3. The molecule has 2 aromatic heterocycles. The molecule has 10 rings (SSSR count). The first kappa shape index (κ1) is 27.3. The van der Waals surface area contributed by atoms with E-state index in [2.05, 4.69) is 158 Å². The molecule has 0 saturated heterocycles. The molecule has 0 saturated carbocycles. The molecule has 1 aliphatic rings. The number of nitrogens with zero attached hydrogens (tertiary/aromatic N) is 1. The molecule has 0 unspecified atom stereocenters. The molecule has 1 aliphatic heterocycles. The fourth-order valence-corrected chi connectivity index (χ4v) is 11.0. The van der Waals surface area contributed by atoms with Crippen molar-refractivity contribution in [2.75, 3.05) is 4.90 Å². The molecule has 4 heteroatoms. The van der Waals surface area contributed by atoms with Gasteiger partial charge in [0.1, 0.15) is 24.8 Å². The minimum atomic E-state index is -2.07. The van der Waals surface area contributed by atoms with Crippen molar-refractivity contribution >= 4 is 79.4 Å². The summed E-state index contributed by atoms with van der Waals surface area (Å²) in [7, 11) is -2.07. The maximum Gasteiger partial charge on any atom is 0.159 e. The van der Waals surface area contributed by atoms with Gasteiger partial charge in [0, 0.05) is 38.5 Å². The molecule has 0 spiro atoms. The lowest BCUT2D eigenvalue weighted by Gasteiger charge is -2.27. The van der Waals surface area contributed by atoms with Crippen LogP contribution < -0.4 is 15.3 Å². The smallest absolute Gasteiger partial charge is 0.159 e. The van der Waals surface area contributed by atoms with Crippen molar-refractivity contribution < 1.29 is 8.83 Å². The van der Waals surface area contributed by atoms with Gasteiger partial charge in [0.2, 0.25) is 0 Å². The molecule has 0 aliphatic carbocycles. The summed E-state index contributed by atoms with van der Waals surface area (Å²) in [5, 5.41) is 7.45. The first-order valence-electron chi connectivity index (χ1n) is 16.5. The molecule has 0 amide bonds. The van der Waals surface area contributed by atoms with Crippen molar-refractivity contribution in [1.29, 1.82) is 0 Å². The second kappa shape index (κ2) is 10.1. The number of furan rings is 2. The lowest BCUT2D eigenvalue weighted by Crippen LogP contribution is -2.49. The first-order valence-corrected chi connectivity index (χ1v) is 19.5. The molecule has 0 radical (unpaired) electrons. The van der Waals surface area contributed by atoms with Gasteiger partial charge in [-0.05, 0) is 69.5 Å². The van der Waals surface area contributed by atoms with Gasteiger partial charge in [0.15, 0.2) is 5.58 Å². The molecule has 228 valence electrons. The molecule has 9 aromatic rings. The zero-order chi connectivity index (χ0) is 32.0. The van der Waals surface area contributed by atoms with Gasteiger partial charge in [-0.3, -0.25) is 0 Å². The normalized spacial score (nSPS) is 13.4. The van der Waals surface area contributed by atoms with Gasteiger partial charge in [-0.2, -0.15) is 0 Å². The number of hydrogen-bond donors (Lipinski definition) is 0. The summed E-state index contributed by atoms with van der Waals surface area (Å²) < 4.78 is 13.2. The van der Waals surface area contributed by atoms with E-state index in [9.17, 15) is 0 Å². The lowest BCUT2D eigenvalue weighted by atomic mass is 10.0. The van der Waals surface area contributed by atoms with Gasteiger partial charge in [-0.25, -0.2) is 0 Å². The van der Waals surface area contributed by atoms with E-state index in [1.165, 1.54) is 43.4 Å². The third-order valence-electron chi connectivity index (χ3n) is 10.3. The van der Waals surface area contributed by atoms with Gasteiger partial charge >= 0.3 is 0 Å². The molecule has 3 nitrogen and oxygen atoms in total. The summed E-state index contributed by atoms with van der Waals surface area (Å²) in [6.45, 7) is 4.93. The Morgan fingerprint density at radius 2 is 1.06 bits per heavy atom. The highest BCUT2D eigenvalue weighted by atomic mass is 28.3. The predicted octanol–water partition coefficient (Wildman–Crippen LogP) is 11.4. The maximum atomic E-state index is 6.62. The van der Waals surface area contributed by atoms with Crippen LogP contribution in [0.2, 0.25) is 13.1 Å². The zero-order valence-corrected chi connectivity index (χ0v) is 27.7. The highest BCUT2D eigenvalue weighted by molar-refractivity contribution is 7.04. The number of para-hydroxylation sites is 3. The standard InChI is InChI=1S/C44H31NO2Si/c1-48(2)40-26-25-35-33-14-7-9-18-39(33)47-44(35)42(40)36-24-23-31(27-41(36)48)45(30-21-19-29(20-22-30)28-11-4-3-5-12-28)37-16-10-15-34-32-13-6-8-17-38(32)46-43(34)37/h3-27H,1-2H3. The maximum absolute atomic E-state index is 6.62. The summed E-state index contributed by atoms with van der Waals surface area (Å²) in [5.41, 5.74) is 11.9. The summed E-state index contributed by atoms with van der Waals surface area (Å²) in [4.78, 5) is 2.37. The van der Waals surface area contributed by atoms with E-state index in [1.54, 1.807) is 0 Å². The van der Waals surface area contributed by atoms with Crippen LogP contribution in [0.4, 0.5) is 17.1 Å². The second-order valence-corrected chi connectivity index (χ2v) is 17.6. The first-order chi connectivity index (χ1) is 23.6. The third kappa shape index (κ3) is 3.87. The van der Waals surface area contributed by atoms with Crippen LogP contribution in [0.1, 0.15) is 0 Å². The molecule has 0 fully saturated rings. The fraction of sp³-hybridized carbons (Fsp3) is 0.0455. The Bertz CT molecular complexity index is 2700. The van der Waals surface area contributed by atoms with Gasteiger partial charge in [0.25, 0.3) is 0 Å². The molecular formula is C44H31NO2Si. The second-order valence-electron chi connectivity index (χ2n) is 13.3. The molecule has 0 N–H and O–H groups in total. The Morgan fingerprint density at radius 1 is 0.458 bits per heavy atom. The van der Waals surface area contributed by atoms with Crippen molar-refractivity contribution in [3.63, 3.8) is 0 Å². The fourth-order valence-electron chi connectivity index (χ4n) is 7.90. The Kier molecular flexibility index (Phi) is 5.73. The molecule has 0 bridgehead atoms. The lowest BCUT2D eigenvalue weighted by molar-refractivity contribution is 0.669. The van der Waals surface area contributed by atoms with Crippen molar-refractivity contribution in [2.24, 2.45) is 0 Å². The Morgan fingerprint density at radius 3 is 1.81 bits per heavy atom. The highest BCUT2D eigenvalue weighted by Gasteiger charge is 2.40. The Hall–Kier alpha value is -5.84. The van der Waals surface area contributed by atoms with E-state index in [0.29, 0.717) is 0 Å². The van der Waals surface area contributed by atoms with Crippen LogP contribution >= 0.6 is 0 Å². The van der Waals surface area contributed by atoms with Crippen LogP contribution in [0.15, 0.2) is 160 Å². The monoisotopic (exact) mass is 633 g/mol. The molecular weight excluding hydrogens is 603 g/mol. The van der Waals surface area contributed by atoms with Gasteiger partial charge < -0.3 is 13.7 Å². The minimum Gasteiger partial charge on any atom is -0.455 e. The Balaban J connectivity index is 1.19. The van der Waals surface area contributed by atoms with E-state index in [0.717, 1.165) is 50.2 Å². The van der Waals surface area contributed by atoms with Crippen molar-refractivity contribution in [3.05, 3.63) is 152 Å². The molecule has 7 aromatic carbocycles. The summed E-state index contributed by atoms with van der Waals surface area (Å²) in [5.74, 6) is 0. The Labute approximate surface area is 279 Å². The van der Waals surface area contributed by atoms with Crippen LogP contribution in [-0.2, 0) is 0 Å². The van der Waals surface area contributed by atoms with E-state index < -0.39 is 8.07 Å². The van der Waals surface area contributed by atoms with Crippen LogP contribution in [-0.4, -0.2) is 8.07 Å². The van der Waals surface area contributed by atoms with E-state index >= 15 is 0 Å². The van der Waals surface area contributed by atoms with Crippen molar-refractivity contribution in [1.82, 2.24) is 0 Å². The zero-order valence-electron chi connectivity index (χ0n) is 26.7. The number of benzene rings is 7. The largest absolute Gasteiger partial charge is 0.455 e. The predicted molar refractivity (Wildman–Crippen MR) is 203 cm³/mol. The van der Waals surface area contributed by atoms with E-state index in [4.69, 9.17) is 8.83 Å². The van der Waals surface area contributed by atoms with Gasteiger partial charge in [0.05, 0.1) is 5.69 Å². The average molecular weight is 634 g/mol. The van der Waals surface area contributed by atoms with Gasteiger partial charge in [-0.15, -0.1) is 0 Å².